The minimum Gasteiger partial charge on any atom is -0.370 e. The number of pyridine rings is 1. The number of benzene rings is 2. The van der Waals surface area contributed by atoms with Crippen LogP contribution in [0, 0.1) is 5.82 Å². The zero-order chi connectivity index (χ0) is 17.4. The van der Waals surface area contributed by atoms with Crippen LogP contribution in [-0.2, 0) is 9.84 Å². The Morgan fingerprint density at radius 2 is 1.72 bits per heavy atom. The van der Waals surface area contributed by atoms with Crippen molar-refractivity contribution in [2.45, 2.75) is 22.6 Å². The zero-order valence-corrected chi connectivity index (χ0v) is 14.3. The van der Waals surface area contributed by atoms with Gasteiger partial charge in [0.15, 0.2) is 0 Å². The molecule has 25 heavy (non-hydrogen) atoms. The number of anilines is 1. The van der Waals surface area contributed by atoms with Gasteiger partial charge in [-0.05, 0) is 43.2 Å². The molecule has 0 spiro atoms. The number of sulfone groups is 1. The zero-order valence-electron chi connectivity index (χ0n) is 13.5. The Morgan fingerprint density at radius 3 is 2.44 bits per heavy atom. The number of aromatic nitrogens is 1. The molecule has 0 radical (unpaired) electrons. The molecule has 1 aliphatic rings. The van der Waals surface area contributed by atoms with E-state index in [1.807, 2.05) is 4.90 Å². The summed E-state index contributed by atoms with van der Waals surface area (Å²) in [4.78, 5) is 6.65. The average molecular weight is 356 g/mol. The van der Waals surface area contributed by atoms with E-state index in [1.165, 1.54) is 18.3 Å². The molecule has 1 saturated heterocycles. The summed E-state index contributed by atoms with van der Waals surface area (Å²) in [6, 6.07) is 12.6. The predicted octanol–water partition coefficient (Wildman–Crippen LogP) is 3.81. The van der Waals surface area contributed by atoms with E-state index in [1.54, 1.807) is 36.4 Å². The molecule has 2 aromatic carbocycles. The lowest BCUT2D eigenvalue weighted by Gasteiger charge is -2.23. The average Bonchev–Trinajstić information content (AvgIpc) is 3.15. The van der Waals surface area contributed by atoms with Gasteiger partial charge >= 0.3 is 0 Å². The number of hydrogen-bond donors (Lipinski definition) is 0. The Hall–Kier alpha value is -2.47. The summed E-state index contributed by atoms with van der Waals surface area (Å²) in [6.45, 7) is 1.51. The van der Waals surface area contributed by atoms with Gasteiger partial charge in [0.2, 0.25) is 9.84 Å². The maximum atomic E-state index is 13.9. The van der Waals surface area contributed by atoms with Gasteiger partial charge in [0.05, 0.1) is 16.1 Å². The molecule has 0 unspecified atom stereocenters. The van der Waals surface area contributed by atoms with Crippen LogP contribution in [0.15, 0.2) is 64.5 Å². The largest absolute Gasteiger partial charge is 0.370 e. The molecule has 4 rings (SSSR count). The van der Waals surface area contributed by atoms with Gasteiger partial charge in [-0.3, -0.25) is 4.98 Å². The summed E-state index contributed by atoms with van der Waals surface area (Å²) in [7, 11) is -3.74. The van der Waals surface area contributed by atoms with Gasteiger partial charge in [0, 0.05) is 24.7 Å². The summed E-state index contributed by atoms with van der Waals surface area (Å²) in [5, 5.41) is 0.541. The molecule has 0 amide bonds. The summed E-state index contributed by atoms with van der Waals surface area (Å²) >= 11 is 0. The molecule has 1 aliphatic heterocycles. The van der Waals surface area contributed by atoms with Gasteiger partial charge < -0.3 is 4.90 Å². The Morgan fingerprint density at radius 1 is 1.00 bits per heavy atom. The first kappa shape index (κ1) is 16.0. The van der Waals surface area contributed by atoms with Crippen molar-refractivity contribution in [3.05, 3.63) is 60.5 Å². The van der Waals surface area contributed by atoms with Gasteiger partial charge in [-0.25, -0.2) is 12.8 Å². The Labute approximate surface area is 145 Å². The van der Waals surface area contributed by atoms with Crippen LogP contribution in [0.2, 0.25) is 0 Å². The van der Waals surface area contributed by atoms with Crippen molar-refractivity contribution in [1.82, 2.24) is 4.98 Å². The van der Waals surface area contributed by atoms with Crippen molar-refractivity contribution in [3.63, 3.8) is 0 Å². The van der Waals surface area contributed by atoms with Crippen LogP contribution >= 0.6 is 0 Å². The van der Waals surface area contributed by atoms with Crippen LogP contribution in [0.5, 0.6) is 0 Å². The standard InChI is InChI=1S/C19H17FN2O2S/c20-14-8-9-17-16(12-14)19(22-10-4-5-11-22)18(13-21-17)25(23,24)15-6-2-1-3-7-15/h1-3,6-9,12-13H,4-5,10-11H2. The first-order valence-corrected chi connectivity index (χ1v) is 9.69. The smallest absolute Gasteiger partial charge is 0.210 e. The first-order valence-electron chi connectivity index (χ1n) is 8.21. The van der Waals surface area contributed by atoms with E-state index in [2.05, 4.69) is 4.98 Å². The molecule has 0 aliphatic carbocycles. The number of halogens is 1. The Kier molecular flexibility index (Phi) is 3.92. The molecule has 0 N–H and O–H groups in total. The first-order chi connectivity index (χ1) is 12.1. The van der Waals surface area contributed by atoms with E-state index in [9.17, 15) is 12.8 Å². The molecule has 6 heteroatoms. The SMILES string of the molecule is O=S(=O)(c1ccccc1)c1cnc2ccc(F)cc2c1N1CCCC1. The quantitative estimate of drug-likeness (QED) is 0.716. The molecule has 0 saturated carbocycles. The molecule has 0 atom stereocenters. The maximum absolute atomic E-state index is 13.9. The van der Waals surface area contributed by atoms with Crippen LogP contribution in [0.3, 0.4) is 0 Å². The van der Waals surface area contributed by atoms with E-state index in [0.717, 1.165) is 25.9 Å². The van der Waals surface area contributed by atoms with Crippen molar-refractivity contribution in [1.29, 1.82) is 0 Å². The van der Waals surface area contributed by atoms with Crippen molar-refractivity contribution in [2.75, 3.05) is 18.0 Å². The van der Waals surface area contributed by atoms with E-state index in [-0.39, 0.29) is 9.79 Å². The Bertz CT molecular complexity index is 1030. The fraction of sp³-hybridized carbons (Fsp3) is 0.211. The van der Waals surface area contributed by atoms with Gasteiger partial charge in [-0.1, -0.05) is 18.2 Å². The number of rotatable bonds is 3. The topological polar surface area (TPSA) is 50.3 Å². The third-order valence-corrected chi connectivity index (χ3v) is 6.30. The highest BCUT2D eigenvalue weighted by Gasteiger charge is 2.28. The van der Waals surface area contributed by atoms with E-state index >= 15 is 0 Å². The van der Waals surface area contributed by atoms with Crippen LogP contribution in [-0.4, -0.2) is 26.5 Å². The number of fused-ring (bicyclic) bond motifs is 1. The highest BCUT2D eigenvalue weighted by Crippen LogP contribution is 2.37. The summed E-state index contributed by atoms with van der Waals surface area (Å²) < 4.78 is 40.2. The van der Waals surface area contributed by atoms with Crippen LogP contribution in [0.4, 0.5) is 10.1 Å². The minimum atomic E-state index is -3.74. The van der Waals surface area contributed by atoms with Crippen molar-refractivity contribution in [2.24, 2.45) is 0 Å². The highest BCUT2D eigenvalue weighted by atomic mass is 32.2. The van der Waals surface area contributed by atoms with Gasteiger partial charge in [-0.2, -0.15) is 0 Å². The molecule has 1 aromatic heterocycles. The normalized spacial score (nSPS) is 15.0. The van der Waals surface area contributed by atoms with E-state index < -0.39 is 15.7 Å². The molecule has 2 heterocycles. The molecule has 1 fully saturated rings. The Balaban J connectivity index is 2.02. The summed E-state index contributed by atoms with van der Waals surface area (Å²) in [6.07, 6.45) is 3.38. The second kappa shape index (κ2) is 6.11. The second-order valence-electron chi connectivity index (χ2n) is 6.14. The molecule has 128 valence electrons. The van der Waals surface area contributed by atoms with Gasteiger partial charge in [-0.15, -0.1) is 0 Å². The lowest BCUT2D eigenvalue weighted by atomic mass is 10.1. The fourth-order valence-electron chi connectivity index (χ4n) is 3.32. The lowest BCUT2D eigenvalue weighted by molar-refractivity contribution is 0.595. The highest BCUT2D eigenvalue weighted by molar-refractivity contribution is 7.91. The van der Waals surface area contributed by atoms with Crippen LogP contribution in [0.1, 0.15) is 12.8 Å². The molecule has 4 nitrogen and oxygen atoms in total. The van der Waals surface area contributed by atoms with Gasteiger partial charge in [0.1, 0.15) is 10.7 Å². The monoisotopic (exact) mass is 356 g/mol. The second-order valence-corrected chi connectivity index (χ2v) is 8.06. The molecular weight excluding hydrogens is 339 g/mol. The van der Waals surface area contributed by atoms with E-state index in [0.29, 0.717) is 16.6 Å². The molecule has 0 bridgehead atoms. The summed E-state index contributed by atoms with van der Waals surface area (Å²) in [5.74, 6) is -0.399. The van der Waals surface area contributed by atoms with Gasteiger partial charge in [0.25, 0.3) is 0 Å². The third-order valence-electron chi connectivity index (χ3n) is 4.53. The van der Waals surface area contributed by atoms with Crippen molar-refractivity contribution in [3.8, 4) is 0 Å². The van der Waals surface area contributed by atoms with Crippen LogP contribution < -0.4 is 4.90 Å². The number of nitrogens with zero attached hydrogens (tertiary/aromatic N) is 2. The fourth-order valence-corrected chi connectivity index (χ4v) is 4.78. The lowest BCUT2D eigenvalue weighted by Crippen LogP contribution is -2.21. The predicted molar refractivity (Wildman–Crippen MR) is 95.0 cm³/mol. The summed E-state index contributed by atoms with van der Waals surface area (Å²) in [5.41, 5.74) is 1.15. The van der Waals surface area contributed by atoms with Crippen molar-refractivity contribution >= 4 is 26.4 Å². The minimum absolute atomic E-state index is 0.138. The van der Waals surface area contributed by atoms with E-state index in [4.69, 9.17) is 0 Å². The number of hydrogen-bond acceptors (Lipinski definition) is 4. The molecule has 3 aromatic rings. The third kappa shape index (κ3) is 2.76. The van der Waals surface area contributed by atoms with Crippen LogP contribution in [0.25, 0.3) is 10.9 Å². The van der Waals surface area contributed by atoms with Crippen molar-refractivity contribution < 1.29 is 12.8 Å². The molecular formula is C19H17FN2O2S. The maximum Gasteiger partial charge on any atom is 0.210 e.